The highest BCUT2D eigenvalue weighted by atomic mass is 35.5. The molecular formula is C25H26Cl2FN5O2. The first-order valence-corrected chi connectivity index (χ1v) is 12.2. The zero-order valence-corrected chi connectivity index (χ0v) is 20.6. The average Bonchev–Trinajstić information content (AvgIpc) is 2.83. The summed E-state index contributed by atoms with van der Waals surface area (Å²) < 4.78 is 20.3. The molecule has 2 heterocycles. The zero-order chi connectivity index (χ0) is 24.8. The zero-order valence-electron chi connectivity index (χ0n) is 19.1. The predicted molar refractivity (Wildman–Crippen MR) is 136 cm³/mol. The standard InChI is InChI=1S/C25H26Cl2FN5O2/c26-18-6-4-7-19(27)22(18)23-17(24(29)34)15-30-25(32-23)31-16-8-9-21(20(28)14-16)35-13-5-12-33-10-2-1-3-11-33/h4,6-9,14-15H,1-3,5,10-13H2,(H2,29,34)(H,30,31,32). The Morgan fingerprint density at radius 1 is 1.14 bits per heavy atom. The van der Waals surface area contributed by atoms with Crippen LogP contribution in [0.4, 0.5) is 16.0 Å². The molecule has 1 fully saturated rings. The van der Waals surface area contributed by atoms with Gasteiger partial charge in [0.05, 0.1) is 27.9 Å². The first kappa shape index (κ1) is 25.2. The van der Waals surface area contributed by atoms with E-state index in [2.05, 4.69) is 20.2 Å². The molecule has 35 heavy (non-hydrogen) atoms. The van der Waals surface area contributed by atoms with Crippen molar-refractivity contribution in [1.29, 1.82) is 0 Å². The van der Waals surface area contributed by atoms with E-state index in [1.807, 2.05) is 0 Å². The summed E-state index contributed by atoms with van der Waals surface area (Å²) in [5.74, 6) is -0.926. The van der Waals surface area contributed by atoms with Crippen LogP contribution in [0.3, 0.4) is 0 Å². The molecule has 0 radical (unpaired) electrons. The van der Waals surface area contributed by atoms with Gasteiger partial charge in [-0.3, -0.25) is 4.79 Å². The molecule has 0 spiro atoms. The molecule has 1 amide bonds. The molecule has 1 aliphatic heterocycles. The Balaban J connectivity index is 1.45. The van der Waals surface area contributed by atoms with Crippen LogP contribution in [0.5, 0.6) is 5.75 Å². The largest absolute Gasteiger partial charge is 0.490 e. The molecule has 7 nitrogen and oxygen atoms in total. The maximum atomic E-state index is 14.6. The maximum Gasteiger partial charge on any atom is 0.252 e. The number of aromatic nitrogens is 2. The van der Waals surface area contributed by atoms with Gasteiger partial charge in [0.25, 0.3) is 5.91 Å². The summed E-state index contributed by atoms with van der Waals surface area (Å²) in [4.78, 5) is 22.9. The van der Waals surface area contributed by atoms with Gasteiger partial charge in [-0.2, -0.15) is 0 Å². The molecule has 1 aliphatic rings. The van der Waals surface area contributed by atoms with Gasteiger partial charge < -0.3 is 20.7 Å². The van der Waals surface area contributed by atoms with E-state index in [1.165, 1.54) is 31.5 Å². The van der Waals surface area contributed by atoms with Crippen LogP contribution in [0.25, 0.3) is 11.3 Å². The van der Waals surface area contributed by atoms with Crippen LogP contribution < -0.4 is 15.8 Å². The van der Waals surface area contributed by atoms with Gasteiger partial charge in [0, 0.05) is 30.1 Å². The number of hydrogen-bond acceptors (Lipinski definition) is 6. The van der Waals surface area contributed by atoms with Crippen molar-refractivity contribution in [2.24, 2.45) is 5.73 Å². The van der Waals surface area contributed by atoms with Crippen molar-refractivity contribution in [3.8, 4) is 17.0 Å². The van der Waals surface area contributed by atoms with E-state index in [-0.39, 0.29) is 23.0 Å². The minimum absolute atomic E-state index is 0.0602. The molecule has 10 heteroatoms. The first-order chi connectivity index (χ1) is 16.9. The highest BCUT2D eigenvalue weighted by Gasteiger charge is 2.19. The molecule has 184 valence electrons. The number of amides is 1. The number of benzene rings is 2. The molecule has 1 aromatic heterocycles. The van der Waals surface area contributed by atoms with E-state index in [1.54, 1.807) is 30.3 Å². The number of ether oxygens (including phenoxy) is 1. The van der Waals surface area contributed by atoms with Crippen LogP contribution >= 0.6 is 23.2 Å². The number of hydrogen-bond donors (Lipinski definition) is 2. The first-order valence-electron chi connectivity index (χ1n) is 11.5. The van der Waals surface area contributed by atoms with Crippen molar-refractivity contribution in [2.45, 2.75) is 25.7 Å². The number of halogens is 3. The lowest BCUT2D eigenvalue weighted by Gasteiger charge is -2.26. The number of piperidine rings is 1. The Kier molecular flexibility index (Phi) is 8.38. The molecule has 0 aliphatic carbocycles. The Hall–Kier alpha value is -2.94. The molecule has 0 saturated carbocycles. The lowest BCUT2D eigenvalue weighted by Crippen LogP contribution is -2.31. The van der Waals surface area contributed by atoms with Gasteiger partial charge in [-0.1, -0.05) is 35.7 Å². The Morgan fingerprint density at radius 3 is 2.57 bits per heavy atom. The van der Waals surface area contributed by atoms with E-state index < -0.39 is 11.7 Å². The Morgan fingerprint density at radius 2 is 1.89 bits per heavy atom. The molecule has 4 rings (SSSR count). The molecule has 2 aromatic carbocycles. The Bertz CT molecular complexity index is 1180. The quantitative estimate of drug-likeness (QED) is 0.354. The van der Waals surface area contributed by atoms with Crippen molar-refractivity contribution in [2.75, 3.05) is 31.6 Å². The molecule has 3 aromatic rings. The van der Waals surface area contributed by atoms with Crippen LogP contribution in [0, 0.1) is 5.82 Å². The summed E-state index contributed by atoms with van der Waals surface area (Å²) in [5, 5.41) is 3.54. The maximum absolute atomic E-state index is 14.6. The fraction of sp³-hybridized carbons (Fsp3) is 0.320. The highest BCUT2D eigenvalue weighted by molar-refractivity contribution is 6.39. The summed E-state index contributed by atoms with van der Waals surface area (Å²) in [6, 6.07) is 9.46. The van der Waals surface area contributed by atoms with Crippen molar-refractivity contribution in [3.05, 3.63) is 64.0 Å². The minimum Gasteiger partial charge on any atom is -0.490 e. The summed E-state index contributed by atoms with van der Waals surface area (Å²) in [6.07, 6.45) is 5.90. The molecule has 0 unspecified atom stereocenters. The van der Waals surface area contributed by atoms with Gasteiger partial charge in [-0.25, -0.2) is 14.4 Å². The number of nitrogens with zero attached hydrogens (tertiary/aromatic N) is 3. The monoisotopic (exact) mass is 517 g/mol. The number of rotatable bonds is 9. The van der Waals surface area contributed by atoms with Gasteiger partial charge >= 0.3 is 0 Å². The third-order valence-corrected chi connectivity index (χ3v) is 6.40. The van der Waals surface area contributed by atoms with Crippen molar-refractivity contribution >= 4 is 40.7 Å². The average molecular weight is 518 g/mol. The van der Waals surface area contributed by atoms with Crippen LogP contribution in [0.15, 0.2) is 42.6 Å². The van der Waals surface area contributed by atoms with Crippen LogP contribution in [-0.2, 0) is 0 Å². The van der Waals surface area contributed by atoms with E-state index in [0.29, 0.717) is 27.9 Å². The molecular weight excluding hydrogens is 492 g/mol. The second-order valence-corrected chi connectivity index (χ2v) is 9.11. The van der Waals surface area contributed by atoms with Crippen molar-refractivity contribution < 1.29 is 13.9 Å². The minimum atomic E-state index is -0.727. The SMILES string of the molecule is NC(=O)c1cnc(Nc2ccc(OCCCN3CCCCC3)c(F)c2)nc1-c1c(Cl)cccc1Cl. The number of carbonyl (C=O) groups excluding carboxylic acids is 1. The predicted octanol–water partition coefficient (Wildman–Crippen LogP) is 5.69. The fourth-order valence-corrected chi connectivity index (χ4v) is 4.59. The second kappa shape index (κ2) is 11.7. The highest BCUT2D eigenvalue weighted by Crippen LogP contribution is 2.36. The molecule has 1 saturated heterocycles. The van der Waals surface area contributed by atoms with Crippen LogP contribution in [-0.4, -0.2) is 47.0 Å². The number of primary amides is 1. The third-order valence-electron chi connectivity index (χ3n) is 5.77. The lowest BCUT2D eigenvalue weighted by molar-refractivity contribution is 0.100. The van der Waals surface area contributed by atoms with Crippen LogP contribution in [0.1, 0.15) is 36.0 Å². The molecule has 0 bridgehead atoms. The van der Waals surface area contributed by atoms with E-state index in [9.17, 15) is 9.18 Å². The topological polar surface area (TPSA) is 93.4 Å². The van der Waals surface area contributed by atoms with Gasteiger partial charge in [-0.15, -0.1) is 0 Å². The third kappa shape index (κ3) is 6.39. The van der Waals surface area contributed by atoms with Gasteiger partial charge in [0.1, 0.15) is 0 Å². The smallest absolute Gasteiger partial charge is 0.252 e. The number of nitrogens with one attached hydrogen (secondary N) is 1. The second-order valence-electron chi connectivity index (χ2n) is 8.29. The van der Waals surface area contributed by atoms with Crippen LogP contribution in [0.2, 0.25) is 10.0 Å². The molecule has 0 atom stereocenters. The number of nitrogens with two attached hydrogens (primary N) is 1. The van der Waals surface area contributed by atoms with Gasteiger partial charge in [-0.05, 0) is 56.6 Å². The van der Waals surface area contributed by atoms with E-state index >= 15 is 0 Å². The lowest BCUT2D eigenvalue weighted by atomic mass is 10.1. The van der Waals surface area contributed by atoms with Crippen molar-refractivity contribution in [3.63, 3.8) is 0 Å². The summed E-state index contributed by atoms with van der Waals surface area (Å²) in [6.45, 7) is 3.65. The summed E-state index contributed by atoms with van der Waals surface area (Å²) >= 11 is 12.6. The van der Waals surface area contributed by atoms with E-state index in [4.69, 9.17) is 33.7 Å². The summed E-state index contributed by atoms with van der Waals surface area (Å²) in [5.41, 5.74) is 6.50. The summed E-state index contributed by atoms with van der Waals surface area (Å²) in [7, 11) is 0. The Labute approximate surface area is 213 Å². The van der Waals surface area contributed by atoms with Crippen molar-refractivity contribution in [1.82, 2.24) is 14.9 Å². The number of anilines is 2. The van der Waals surface area contributed by atoms with Gasteiger partial charge in [0.15, 0.2) is 11.6 Å². The molecule has 3 N–H and O–H groups in total. The van der Waals surface area contributed by atoms with E-state index in [0.717, 1.165) is 26.1 Å². The van der Waals surface area contributed by atoms with Gasteiger partial charge in [0.2, 0.25) is 5.95 Å². The normalized spacial score (nSPS) is 14.0. The number of carbonyl (C=O) groups is 1. The number of likely N-dealkylation sites (tertiary alicyclic amines) is 1. The fourth-order valence-electron chi connectivity index (χ4n) is 4.02.